The molecule has 1 atom stereocenters. The largest absolute Gasteiger partial charge is 2.00 e. The molecule has 0 fully saturated rings. The third kappa shape index (κ3) is 29.2. The molecule has 0 radical (unpaired) electrons. The molecule has 0 spiro atoms. The van der Waals surface area contributed by atoms with E-state index in [0.717, 1.165) is 12.8 Å². The van der Waals surface area contributed by atoms with Gasteiger partial charge in [0.2, 0.25) is 0 Å². The van der Waals surface area contributed by atoms with Gasteiger partial charge in [0.05, 0.1) is 11.9 Å². The number of hydrogen-bond acceptors (Lipinski definition) is 17. The minimum atomic E-state index is -2.97. The van der Waals surface area contributed by atoms with Crippen molar-refractivity contribution in [2.75, 3.05) is 6.54 Å². The molecular weight excluding hydrogens is 620 g/mol. The van der Waals surface area contributed by atoms with Crippen molar-refractivity contribution in [1.82, 2.24) is 0 Å². The normalized spacial score (nSPS) is 10.6. The molecular formula is C18H24Ca3N2O16. The SMILES string of the molecule is NCCCCC(N)C(=O)O.O=C([O-])CC(O)(CC(=O)[O-])C(=O)[O-].O=C([O-])CC(O)(CC(=O)[O-])C(=O)[O-].[Ca+2].[Ca+2].[Ca+2]. The van der Waals surface area contributed by atoms with E-state index in [1.807, 2.05) is 0 Å². The molecule has 0 aliphatic heterocycles. The summed E-state index contributed by atoms with van der Waals surface area (Å²) >= 11 is 0. The topological polar surface area (TPSA) is 371 Å². The maximum atomic E-state index is 10.1. The van der Waals surface area contributed by atoms with Crippen LogP contribution in [0.15, 0.2) is 0 Å². The molecule has 21 heteroatoms. The van der Waals surface area contributed by atoms with Crippen LogP contribution >= 0.6 is 0 Å². The maximum Gasteiger partial charge on any atom is 2.00 e. The molecule has 0 rings (SSSR count). The molecule has 0 aromatic rings. The van der Waals surface area contributed by atoms with Crippen LogP contribution in [0.1, 0.15) is 44.9 Å². The first kappa shape index (κ1) is 51.6. The van der Waals surface area contributed by atoms with E-state index in [2.05, 4.69) is 0 Å². The molecule has 0 aromatic heterocycles. The van der Waals surface area contributed by atoms with Gasteiger partial charge in [-0.05, 0) is 19.4 Å². The Hall–Kier alpha value is -0.0908. The molecule has 1 unspecified atom stereocenters. The van der Waals surface area contributed by atoms with Crippen LogP contribution in [-0.2, 0) is 33.6 Å². The van der Waals surface area contributed by atoms with E-state index >= 15 is 0 Å². The predicted molar refractivity (Wildman–Crippen MR) is 114 cm³/mol. The Morgan fingerprint density at radius 2 is 0.872 bits per heavy atom. The van der Waals surface area contributed by atoms with Crippen LogP contribution in [0, 0.1) is 0 Å². The molecule has 0 aliphatic carbocycles. The van der Waals surface area contributed by atoms with Gasteiger partial charge in [0.1, 0.15) is 17.2 Å². The predicted octanol–water partition coefficient (Wildman–Crippen LogP) is -12.1. The Morgan fingerprint density at radius 1 is 0.615 bits per heavy atom. The molecule has 0 aromatic carbocycles. The Balaban J connectivity index is -0.000000102. The first-order valence-corrected chi connectivity index (χ1v) is 9.59. The Morgan fingerprint density at radius 3 is 1.03 bits per heavy atom. The molecule has 208 valence electrons. The number of carboxylic acid groups (broad SMARTS) is 7. The Bertz CT molecular complexity index is 727. The number of unbranched alkanes of at least 4 members (excludes halogenated alkanes) is 1. The smallest absolute Gasteiger partial charge is 0.550 e. The van der Waals surface area contributed by atoms with Crippen LogP contribution in [0.25, 0.3) is 0 Å². The van der Waals surface area contributed by atoms with Crippen molar-refractivity contribution in [3.8, 4) is 0 Å². The van der Waals surface area contributed by atoms with Crippen LogP contribution in [0.2, 0.25) is 0 Å². The summed E-state index contributed by atoms with van der Waals surface area (Å²) in [6.45, 7) is 0.604. The number of hydrogen-bond donors (Lipinski definition) is 5. The fraction of sp³-hybridized carbons (Fsp3) is 0.611. The molecule has 0 bridgehead atoms. The molecule has 39 heavy (non-hydrogen) atoms. The van der Waals surface area contributed by atoms with Crippen LogP contribution in [0.5, 0.6) is 0 Å². The number of rotatable bonds is 15. The third-order valence-corrected chi connectivity index (χ3v) is 3.79. The van der Waals surface area contributed by atoms with Crippen LogP contribution in [0.4, 0.5) is 0 Å². The first-order valence-electron chi connectivity index (χ1n) is 9.59. The Kier molecular flexibility index (Phi) is 35.5. The van der Waals surface area contributed by atoms with Crippen molar-refractivity contribution in [3.63, 3.8) is 0 Å². The zero-order valence-electron chi connectivity index (χ0n) is 20.7. The quantitative estimate of drug-likeness (QED) is 0.0815. The number of aliphatic carboxylic acids is 7. The van der Waals surface area contributed by atoms with Crippen molar-refractivity contribution < 1.29 is 79.5 Å². The summed E-state index contributed by atoms with van der Waals surface area (Å²) in [5.74, 6) is -12.9. The zero-order chi connectivity index (χ0) is 29.3. The third-order valence-electron chi connectivity index (χ3n) is 3.79. The zero-order valence-corrected chi connectivity index (χ0v) is 27.3. The van der Waals surface area contributed by atoms with Gasteiger partial charge >= 0.3 is 119 Å². The van der Waals surface area contributed by atoms with E-state index in [1.165, 1.54) is 0 Å². The molecule has 7 N–H and O–H groups in total. The summed E-state index contributed by atoms with van der Waals surface area (Å²) in [7, 11) is 0. The van der Waals surface area contributed by atoms with Crippen molar-refractivity contribution in [2.24, 2.45) is 11.5 Å². The van der Waals surface area contributed by atoms with Gasteiger partial charge in [0.15, 0.2) is 0 Å². The summed E-state index contributed by atoms with van der Waals surface area (Å²) in [5, 5.41) is 86.2. The average Bonchev–Trinajstić information content (AvgIpc) is 2.66. The second kappa shape index (κ2) is 26.8. The Labute approximate surface area is 310 Å². The van der Waals surface area contributed by atoms with Gasteiger partial charge < -0.3 is 86.2 Å². The number of carbonyl (C=O) groups is 7. The van der Waals surface area contributed by atoms with Crippen molar-refractivity contribution in [2.45, 2.75) is 62.2 Å². The average molecular weight is 645 g/mol. The molecule has 0 saturated carbocycles. The van der Waals surface area contributed by atoms with Gasteiger partial charge in [-0.1, -0.05) is 6.42 Å². The number of aliphatic hydroxyl groups is 2. The summed E-state index contributed by atoms with van der Waals surface area (Å²) in [6, 6.07) is -0.716. The minimum Gasteiger partial charge on any atom is -0.550 e. The monoisotopic (exact) mass is 644 g/mol. The van der Waals surface area contributed by atoms with Crippen LogP contribution in [-0.4, -0.2) is 194 Å². The maximum absolute atomic E-state index is 10.1. The molecule has 0 amide bonds. The molecule has 18 nitrogen and oxygen atoms in total. The second-order valence-electron chi connectivity index (χ2n) is 7.06. The number of carbonyl (C=O) groups excluding carboxylic acids is 6. The summed E-state index contributed by atoms with van der Waals surface area (Å²) in [4.78, 5) is 70.1. The summed E-state index contributed by atoms with van der Waals surface area (Å²) < 4.78 is 0. The van der Waals surface area contributed by atoms with Gasteiger partial charge in [-0.3, -0.25) is 4.79 Å². The molecule has 0 aliphatic rings. The van der Waals surface area contributed by atoms with Gasteiger partial charge in [0.25, 0.3) is 0 Å². The van der Waals surface area contributed by atoms with Crippen molar-refractivity contribution >= 4 is 155 Å². The summed E-state index contributed by atoms with van der Waals surface area (Å²) in [5.41, 5.74) is 4.47. The molecule has 0 heterocycles. The van der Waals surface area contributed by atoms with Gasteiger partial charge in [-0.15, -0.1) is 0 Å². The van der Waals surface area contributed by atoms with E-state index in [1.54, 1.807) is 0 Å². The van der Waals surface area contributed by atoms with Crippen molar-refractivity contribution in [1.29, 1.82) is 0 Å². The van der Waals surface area contributed by atoms with Crippen LogP contribution in [0.3, 0.4) is 0 Å². The van der Waals surface area contributed by atoms with E-state index in [9.17, 15) is 64.2 Å². The van der Waals surface area contributed by atoms with E-state index in [-0.39, 0.29) is 113 Å². The standard InChI is InChI=1S/C6H14N2O2.2C6H8O7.3Ca/c7-4-2-1-3-5(8)6(9)10;2*7-3(8)1-6(13,5(11)12)2-4(9)10;;;/h5H,1-4,7-8H2,(H,9,10);2*13H,1-2H2,(H,7,8)(H,9,10)(H,11,12);;;/q;;;3*+2/p-6. The van der Waals surface area contributed by atoms with E-state index in [4.69, 9.17) is 26.8 Å². The second-order valence-corrected chi connectivity index (χ2v) is 7.06. The molecule has 0 saturated heterocycles. The van der Waals surface area contributed by atoms with E-state index in [0.29, 0.717) is 13.0 Å². The van der Waals surface area contributed by atoms with Gasteiger partial charge in [0, 0.05) is 49.6 Å². The minimum absolute atomic E-state index is 0. The van der Waals surface area contributed by atoms with E-state index < -0.39 is 84.7 Å². The van der Waals surface area contributed by atoms with Crippen LogP contribution < -0.4 is 42.1 Å². The summed E-state index contributed by atoms with van der Waals surface area (Å²) in [6.07, 6.45) is -3.27. The van der Waals surface area contributed by atoms with Gasteiger partial charge in [-0.25, -0.2) is 0 Å². The fourth-order valence-electron chi connectivity index (χ4n) is 2.00. The first-order chi connectivity index (χ1) is 16.2. The number of carboxylic acids is 7. The number of nitrogens with two attached hydrogens (primary N) is 2. The van der Waals surface area contributed by atoms with Gasteiger partial charge in [-0.2, -0.15) is 0 Å². The van der Waals surface area contributed by atoms with Crippen molar-refractivity contribution in [3.05, 3.63) is 0 Å². The fourth-order valence-corrected chi connectivity index (χ4v) is 2.00.